The SMILES string of the molecule is N#Cc1ccc(NC(=O)[C@H]2CSCN2C(=O)C[C@@H]2CCCO2)cc1. The van der Waals surface area contributed by atoms with Gasteiger partial charge in [0.15, 0.2) is 0 Å². The molecular weight excluding hydrogens is 326 g/mol. The molecule has 2 atom stereocenters. The molecule has 24 heavy (non-hydrogen) atoms. The molecule has 1 aromatic carbocycles. The van der Waals surface area contributed by atoms with E-state index in [9.17, 15) is 9.59 Å². The molecule has 3 rings (SSSR count). The van der Waals surface area contributed by atoms with Gasteiger partial charge in [-0.25, -0.2) is 0 Å². The number of anilines is 1. The summed E-state index contributed by atoms with van der Waals surface area (Å²) < 4.78 is 5.52. The second-order valence-corrected chi connectivity index (χ2v) is 6.90. The van der Waals surface area contributed by atoms with Gasteiger partial charge in [0, 0.05) is 18.0 Å². The Hall–Kier alpha value is -2.04. The van der Waals surface area contributed by atoms with E-state index in [4.69, 9.17) is 10.00 Å². The molecule has 0 radical (unpaired) electrons. The van der Waals surface area contributed by atoms with Crippen LogP contribution in [0.15, 0.2) is 24.3 Å². The van der Waals surface area contributed by atoms with Crippen molar-refractivity contribution in [2.75, 3.05) is 23.6 Å². The highest BCUT2D eigenvalue weighted by molar-refractivity contribution is 7.99. The Morgan fingerprint density at radius 3 is 2.83 bits per heavy atom. The van der Waals surface area contributed by atoms with Gasteiger partial charge in [0.1, 0.15) is 6.04 Å². The van der Waals surface area contributed by atoms with Gasteiger partial charge in [-0.05, 0) is 37.1 Å². The Morgan fingerprint density at radius 2 is 2.17 bits per heavy atom. The molecule has 2 amide bonds. The maximum atomic E-state index is 12.5. The number of amides is 2. The predicted molar refractivity (Wildman–Crippen MR) is 91.3 cm³/mol. The summed E-state index contributed by atoms with van der Waals surface area (Å²) in [7, 11) is 0. The van der Waals surface area contributed by atoms with Crippen LogP contribution in [0, 0.1) is 11.3 Å². The summed E-state index contributed by atoms with van der Waals surface area (Å²) in [5, 5.41) is 11.6. The van der Waals surface area contributed by atoms with Crippen molar-refractivity contribution in [3.05, 3.63) is 29.8 Å². The molecule has 126 valence electrons. The normalized spacial score (nSPS) is 23.0. The lowest BCUT2D eigenvalue weighted by Crippen LogP contribution is -2.45. The Balaban J connectivity index is 1.60. The largest absolute Gasteiger partial charge is 0.378 e. The van der Waals surface area contributed by atoms with Crippen LogP contribution < -0.4 is 5.32 Å². The van der Waals surface area contributed by atoms with Crippen LogP contribution >= 0.6 is 11.8 Å². The molecular formula is C17H19N3O3S. The van der Waals surface area contributed by atoms with E-state index in [1.165, 1.54) is 0 Å². The second-order valence-electron chi connectivity index (χ2n) is 5.90. The first-order chi connectivity index (χ1) is 11.7. The minimum absolute atomic E-state index is 0.00895. The van der Waals surface area contributed by atoms with Crippen molar-refractivity contribution >= 4 is 29.3 Å². The van der Waals surface area contributed by atoms with Crippen molar-refractivity contribution in [3.63, 3.8) is 0 Å². The number of nitrogens with zero attached hydrogens (tertiary/aromatic N) is 2. The van der Waals surface area contributed by atoms with Crippen LogP contribution in [0.1, 0.15) is 24.8 Å². The molecule has 1 aromatic rings. The monoisotopic (exact) mass is 345 g/mol. The van der Waals surface area contributed by atoms with E-state index in [2.05, 4.69) is 5.32 Å². The number of rotatable bonds is 4. The van der Waals surface area contributed by atoms with Gasteiger partial charge in [0.05, 0.1) is 30.0 Å². The van der Waals surface area contributed by atoms with Gasteiger partial charge in [-0.15, -0.1) is 11.8 Å². The van der Waals surface area contributed by atoms with Gasteiger partial charge in [-0.1, -0.05) is 0 Å². The fraction of sp³-hybridized carbons (Fsp3) is 0.471. The number of benzene rings is 1. The summed E-state index contributed by atoms with van der Waals surface area (Å²) in [5.41, 5.74) is 1.17. The molecule has 0 aliphatic carbocycles. The predicted octanol–water partition coefficient (Wildman–Crippen LogP) is 1.97. The molecule has 2 aliphatic heterocycles. The van der Waals surface area contributed by atoms with E-state index in [1.54, 1.807) is 40.9 Å². The number of thioether (sulfide) groups is 1. The van der Waals surface area contributed by atoms with Gasteiger partial charge in [-0.2, -0.15) is 5.26 Å². The van der Waals surface area contributed by atoms with Gasteiger partial charge in [-0.3, -0.25) is 9.59 Å². The van der Waals surface area contributed by atoms with Crippen LogP contribution in [-0.2, 0) is 14.3 Å². The third-order valence-electron chi connectivity index (χ3n) is 4.21. The molecule has 0 unspecified atom stereocenters. The molecule has 0 saturated carbocycles. The van der Waals surface area contributed by atoms with Crippen molar-refractivity contribution in [2.24, 2.45) is 0 Å². The maximum absolute atomic E-state index is 12.5. The molecule has 2 saturated heterocycles. The number of hydrogen-bond acceptors (Lipinski definition) is 5. The average molecular weight is 345 g/mol. The first-order valence-corrected chi connectivity index (χ1v) is 9.12. The lowest BCUT2D eigenvalue weighted by molar-refractivity contribution is -0.138. The Kier molecular flexibility index (Phi) is 5.38. The average Bonchev–Trinajstić information content (AvgIpc) is 3.27. The highest BCUT2D eigenvalue weighted by Gasteiger charge is 2.35. The zero-order valence-electron chi connectivity index (χ0n) is 13.2. The summed E-state index contributed by atoms with van der Waals surface area (Å²) in [5.74, 6) is 0.924. The molecule has 6 nitrogen and oxygen atoms in total. The van der Waals surface area contributed by atoms with Crippen molar-refractivity contribution in [1.29, 1.82) is 5.26 Å². The topological polar surface area (TPSA) is 82.4 Å². The smallest absolute Gasteiger partial charge is 0.248 e. The molecule has 0 aromatic heterocycles. The van der Waals surface area contributed by atoms with E-state index in [1.807, 2.05) is 6.07 Å². The maximum Gasteiger partial charge on any atom is 0.248 e. The molecule has 1 N–H and O–H groups in total. The standard InChI is InChI=1S/C17H19N3O3S/c18-9-12-3-5-13(6-4-12)19-17(22)15-10-24-11-20(15)16(21)8-14-2-1-7-23-14/h3-6,14-15H,1-2,7-8,10-11H2,(H,19,22)/t14-,15+/m0/s1. The highest BCUT2D eigenvalue weighted by Crippen LogP contribution is 2.25. The van der Waals surface area contributed by atoms with Crippen LogP contribution in [0.25, 0.3) is 0 Å². The number of nitrogens with one attached hydrogen (secondary N) is 1. The third kappa shape index (κ3) is 3.89. The van der Waals surface area contributed by atoms with Crippen LogP contribution in [0.4, 0.5) is 5.69 Å². The summed E-state index contributed by atoms with van der Waals surface area (Å²) >= 11 is 1.58. The number of hydrogen-bond donors (Lipinski definition) is 1. The summed E-state index contributed by atoms with van der Waals surface area (Å²) in [6.07, 6.45) is 2.25. The Morgan fingerprint density at radius 1 is 1.38 bits per heavy atom. The molecule has 2 heterocycles. The highest BCUT2D eigenvalue weighted by atomic mass is 32.2. The molecule has 0 bridgehead atoms. The van der Waals surface area contributed by atoms with E-state index < -0.39 is 6.04 Å². The van der Waals surface area contributed by atoms with E-state index in [-0.39, 0.29) is 17.9 Å². The van der Waals surface area contributed by atoms with Gasteiger partial charge >= 0.3 is 0 Å². The zero-order valence-corrected chi connectivity index (χ0v) is 14.1. The lowest BCUT2D eigenvalue weighted by Gasteiger charge is -2.24. The van der Waals surface area contributed by atoms with E-state index in [0.717, 1.165) is 19.4 Å². The van der Waals surface area contributed by atoms with Crippen LogP contribution in [-0.4, -0.2) is 47.1 Å². The Labute approximate surface area is 145 Å². The van der Waals surface area contributed by atoms with Gasteiger partial charge in [0.2, 0.25) is 11.8 Å². The Bertz CT molecular complexity index is 650. The van der Waals surface area contributed by atoms with Crippen LogP contribution in [0.3, 0.4) is 0 Å². The number of carbonyl (C=O) groups excluding carboxylic acids is 2. The summed E-state index contributed by atoms with van der Waals surface area (Å²) in [6, 6.07) is 8.27. The summed E-state index contributed by atoms with van der Waals surface area (Å²) in [4.78, 5) is 26.6. The first-order valence-electron chi connectivity index (χ1n) is 7.97. The molecule has 0 spiro atoms. The minimum Gasteiger partial charge on any atom is -0.378 e. The summed E-state index contributed by atoms with van der Waals surface area (Å²) in [6.45, 7) is 0.718. The van der Waals surface area contributed by atoms with E-state index in [0.29, 0.717) is 29.3 Å². The minimum atomic E-state index is -0.459. The fourth-order valence-electron chi connectivity index (χ4n) is 2.88. The molecule has 2 aliphatic rings. The van der Waals surface area contributed by atoms with Crippen molar-refractivity contribution in [1.82, 2.24) is 4.90 Å². The van der Waals surface area contributed by atoms with Crippen molar-refractivity contribution in [3.8, 4) is 6.07 Å². The number of nitriles is 1. The fourth-order valence-corrected chi connectivity index (χ4v) is 4.06. The first kappa shape index (κ1) is 16.8. The number of carbonyl (C=O) groups is 2. The van der Waals surface area contributed by atoms with Crippen LogP contribution in [0.2, 0.25) is 0 Å². The van der Waals surface area contributed by atoms with Gasteiger partial charge in [0.25, 0.3) is 0 Å². The van der Waals surface area contributed by atoms with Crippen molar-refractivity contribution in [2.45, 2.75) is 31.4 Å². The molecule has 2 fully saturated rings. The number of ether oxygens (including phenoxy) is 1. The second kappa shape index (κ2) is 7.69. The van der Waals surface area contributed by atoms with Crippen molar-refractivity contribution < 1.29 is 14.3 Å². The van der Waals surface area contributed by atoms with Crippen LogP contribution in [0.5, 0.6) is 0 Å². The molecule has 7 heteroatoms. The van der Waals surface area contributed by atoms with E-state index >= 15 is 0 Å². The van der Waals surface area contributed by atoms with Gasteiger partial charge < -0.3 is 15.0 Å². The lowest BCUT2D eigenvalue weighted by atomic mass is 10.1. The quantitative estimate of drug-likeness (QED) is 0.902. The zero-order chi connectivity index (χ0) is 16.9. The third-order valence-corrected chi connectivity index (χ3v) is 5.23.